The monoisotopic (exact) mass is 389 g/mol. The molecule has 1 fully saturated rings. The molecular weight excluding hydrogens is 365 g/mol. The summed E-state index contributed by atoms with van der Waals surface area (Å²) in [5, 5.41) is 10.5. The fourth-order valence-electron chi connectivity index (χ4n) is 2.98. The van der Waals surface area contributed by atoms with Crippen molar-refractivity contribution in [1.29, 1.82) is 0 Å². The average molecular weight is 390 g/mol. The highest BCUT2D eigenvalue weighted by molar-refractivity contribution is 6.42. The van der Waals surface area contributed by atoms with Crippen LogP contribution in [0.1, 0.15) is 33.3 Å². The van der Waals surface area contributed by atoms with E-state index in [9.17, 15) is 9.90 Å². The Morgan fingerprint density at radius 1 is 1.40 bits per heavy atom. The van der Waals surface area contributed by atoms with E-state index < -0.39 is 11.7 Å². The Hall–Kier alpha value is -1.01. The second kappa shape index (κ2) is 7.70. The first-order valence-electron chi connectivity index (χ1n) is 8.28. The molecule has 2 atom stereocenters. The van der Waals surface area contributed by atoms with Gasteiger partial charge >= 0.3 is 6.09 Å². The van der Waals surface area contributed by atoms with Crippen molar-refractivity contribution in [3.05, 3.63) is 33.8 Å². The van der Waals surface area contributed by atoms with Crippen molar-refractivity contribution in [1.82, 2.24) is 4.90 Å². The summed E-state index contributed by atoms with van der Waals surface area (Å²) in [5.41, 5.74) is -0.376. The molecule has 25 heavy (non-hydrogen) atoms. The maximum absolute atomic E-state index is 11.8. The van der Waals surface area contributed by atoms with Gasteiger partial charge in [-0.05, 0) is 30.0 Å². The van der Waals surface area contributed by atoms with Gasteiger partial charge in [0, 0.05) is 6.61 Å². The van der Waals surface area contributed by atoms with Crippen molar-refractivity contribution in [3.8, 4) is 0 Å². The zero-order chi connectivity index (χ0) is 18.8. The standard InChI is InChI=1S/C18H25Cl2NO4/c1-5-25-18(12-6-7-13(19)14(20)8-12)10-21(16(22)23)9-15(24-11-18)17(2,3)4/h6-8,15H,5,9-11H2,1-4H3,(H,22,23)/t15-,18-/m1/s1. The predicted molar refractivity (Wildman–Crippen MR) is 98.6 cm³/mol. The highest BCUT2D eigenvalue weighted by Gasteiger charge is 2.43. The average Bonchev–Trinajstić information content (AvgIpc) is 2.71. The zero-order valence-electron chi connectivity index (χ0n) is 15.0. The molecule has 1 amide bonds. The van der Waals surface area contributed by atoms with Gasteiger partial charge in [0.1, 0.15) is 5.60 Å². The molecule has 1 heterocycles. The number of ether oxygens (including phenoxy) is 2. The molecule has 0 aromatic heterocycles. The van der Waals surface area contributed by atoms with Crippen LogP contribution < -0.4 is 0 Å². The van der Waals surface area contributed by atoms with Crippen LogP contribution in [0.2, 0.25) is 10.0 Å². The van der Waals surface area contributed by atoms with E-state index in [1.165, 1.54) is 4.90 Å². The highest BCUT2D eigenvalue weighted by Crippen LogP contribution is 2.36. The normalized spacial score (nSPS) is 24.9. The number of hydrogen-bond acceptors (Lipinski definition) is 3. The molecule has 2 rings (SSSR count). The third-order valence-corrected chi connectivity index (χ3v) is 5.19. The smallest absolute Gasteiger partial charge is 0.407 e. The van der Waals surface area contributed by atoms with E-state index in [-0.39, 0.29) is 31.2 Å². The number of rotatable bonds is 3. The summed E-state index contributed by atoms with van der Waals surface area (Å²) in [6.07, 6.45) is -1.24. The van der Waals surface area contributed by atoms with Gasteiger partial charge in [0.15, 0.2) is 0 Å². The SMILES string of the molecule is CCO[C@@]1(c2ccc(Cl)c(Cl)c2)CO[C@@H](C(C)(C)C)CN(C(=O)O)C1. The van der Waals surface area contributed by atoms with Gasteiger partial charge in [-0.1, -0.05) is 50.0 Å². The number of carboxylic acid groups (broad SMARTS) is 1. The molecule has 1 saturated heterocycles. The van der Waals surface area contributed by atoms with Crippen molar-refractivity contribution in [3.63, 3.8) is 0 Å². The largest absolute Gasteiger partial charge is 0.465 e. The third kappa shape index (κ3) is 4.59. The first-order chi connectivity index (χ1) is 11.6. The molecule has 5 nitrogen and oxygen atoms in total. The third-order valence-electron chi connectivity index (χ3n) is 4.45. The second-order valence-electron chi connectivity index (χ2n) is 7.38. The topological polar surface area (TPSA) is 59.0 Å². The molecule has 1 aromatic rings. The van der Waals surface area contributed by atoms with Gasteiger partial charge in [-0.2, -0.15) is 0 Å². The predicted octanol–water partition coefficient (Wildman–Crippen LogP) is 4.65. The Kier molecular flexibility index (Phi) is 6.26. The molecule has 0 saturated carbocycles. The summed E-state index contributed by atoms with van der Waals surface area (Å²) < 4.78 is 12.2. The molecule has 1 aliphatic rings. The highest BCUT2D eigenvalue weighted by atomic mass is 35.5. The molecule has 1 N–H and O–H groups in total. The van der Waals surface area contributed by atoms with E-state index in [1.54, 1.807) is 12.1 Å². The Labute approximate surface area is 158 Å². The van der Waals surface area contributed by atoms with Gasteiger partial charge in [-0.15, -0.1) is 0 Å². The molecule has 0 aliphatic carbocycles. The van der Waals surface area contributed by atoms with Crippen LogP contribution in [0.4, 0.5) is 4.79 Å². The van der Waals surface area contributed by atoms with Gasteiger partial charge < -0.3 is 19.5 Å². The van der Waals surface area contributed by atoms with Gasteiger partial charge in [-0.3, -0.25) is 0 Å². The lowest BCUT2D eigenvalue weighted by Crippen LogP contribution is -2.46. The van der Waals surface area contributed by atoms with E-state index in [1.807, 2.05) is 33.8 Å². The minimum absolute atomic E-state index is 0.167. The van der Waals surface area contributed by atoms with Crippen LogP contribution in [0.3, 0.4) is 0 Å². The molecule has 0 unspecified atom stereocenters. The van der Waals surface area contributed by atoms with E-state index in [0.717, 1.165) is 5.56 Å². The number of hydrogen-bond donors (Lipinski definition) is 1. The summed E-state index contributed by atoms with van der Waals surface area (Å²) in [6, 6.07) is 5.22. The molecule has 0 bridgehead atoms. The molecule has 0 spiro atoms. The molecule has 7 heteroatoms. The van der Waals surface area contributed by atoms with Crippen LogP contribution >= 0.6 is 23.2 Å². The molecular formula is C18H25Cl2NO4. The van der Waals surface area contributed by atoms with Crippen LogP contribution in [-0.2, 0) is 15.1 Å². The van der Waals surface area contributed by atoms with Crippen LogP contribution in [0.25, 0.3) is 0 Å². The lowest BCUT2D eigenvalue weighted by Gasteiger charge is -2.35. The summed E-state index contributed by atoms with van der Waals surface area (Å²) >= 11 is 12.2. The van der Waals surface area contributed by atoms with Crippen molar-refractivity contribution < 1.29 is 19.4 Å². The van der Waals surface area contributed by atoms with E-state index in [4.69, 9.17) is 32.7 Å². The fraction of sp³-hybridized carbons (Fsp3) is 0.611. The first-order valence-corrected chi connectivity index (χ1v) is 9.03. The second-order valence-corrected chi connectivity index (χ2v) is 8.20. The molecule has 1 aromatic carbocycles. The first kappa shape index (κ1) is 20.3. The van der Waals surface area contributed by atoms with Crippen LogP contribution in [-0.4, -0.2) is 48.5 Å². The Balaban J connectivity index is 2.47. The minimum atomic E-state index is -0.996. The molecule has 140 valence electrons. The van der Waals surface area contributed by atoms with E-state index in [0.29, 0.717) is 16.7 Å². The van der Waals surface area contributed by atoms with Gasteiger partial charge in [0.25, 0.3) is 0 Å². The van der Waals surface area contributed by atoms with Crippen LogP contribution in [0.5, 0.6) is 0 Å². The number of benzene rings is 1. The van der Waals surface area contributed by atoms with E-state index in [2.05, 4.69) is 0 Å². The van der Waals surface area contributed by atoms with Crippen molar-refractivity contribution in [2.24, 2.45) is 5.41 Å². The number of nitrogens with zero attached hydrogens (tertiary/aromatic N) is 1. The Bertz CT molecular complexity index is 632. The van der Waals surface area contributed by atoms with Crippen molar-refractivity contribution >= 4 is 29.3 Å². The molecule has 1 aliphatic heterocycles. The molecule has 0 radical (unpaired) electrons. The van der Waals surface area contributed by atoms with Gasteiger partial charge in [0.05, 0.1) is 35.8 Å². The summed E-state index contributed by atoms with van der Waals surface area (Å²) in [4.78, 5) is 13.2. The van der Waals surface area contributed by atoms with Gasteiger partial charge in [0.2, 0.25) is 0 Å². The number of amides is 1. The Morgan fingerprint density at radius 2 is 2.08 bits per heavy atom. The van der Waals surface area contributed by atoms with Crippen LogP contribution in [0, 0.1) is 5.41 Å². The lowest BCUT2D eigenvalue weighted by atomic mass is 9.89. The number of carbonyl (C=O) groups is 1. The van der Waals surface area contributed by atoms with Gasteiger partial charge in [-0.25, -0.2) is 4.79 Å². The quantitative estimate of drug-likeness (QED) is 0.816. The minimum Gasteiger partial charge on any atom is -0.465 e. The fourth-order valence-corrected chi connectivity index (χ4v) is 3.28. The maximum Gasteiger partial charge on any atom is 0.407 e. The number of halogens is 2. The van der Waals surface area contributed by atoms with Crippen molar-refractivity contribution in [2.75, 3.05) is 26.3 Å². The summed E-state index contributed by atoms with van der Waals surface area (Å²) in [7, 11) is 0. The summed E-state index contributed by atoms with van der Waals surface area (Å²) in [5.74, 6) is 0. The zero-order valence-corrected chi connectivity index (χ0v) is 16.5. The maximum atomic E-state index is 11.8. The summed E-state index contributed by atoms with van der Waals surface area (Å²) in [6.45, 7) is 9.08. The van der Waals surface area contributed by atoms with E-state index >= 15 is 0 Å². The Morgan fingerprint density at radius 3 is 2.60 bits per heavy atom. The lowest BCUT2D eigenvalue weighted by molar-refractivity contribution is -0.115. The van der Waals surface area contributed by atoms with Crippen LogP contribution in [0.15, 0.2) is 18.2 Å². The van der Waals surface area contributed by atoms with Crippen molar-refractivity contribution in [2.45, 2.75) is 39.4 Å².